The highest BCUT2D eigenvalue weighted by atomic mass is 19.4. The maximum absolute atomic E-state index is 12.2. The summed E-state index contributed by atoms with van der Waals surface area (Å²) in [6, 6.07) is 3.51. The van der Waals surface area contributed by atoms with Crippen LogP contribution >= 0.6 is 0 Å². The van der Waals surface area contributed by atoms with Crippen molar-refractivity contribution in [2.24, 2.45) is 0 Å². The Kier molecular flexibility index (Phi) is 3.51. The van der Waals surface area contributed by atoms with E-state index in [1.54, 1.807) is 17.4 Å². The van der Waals surface area contributed by atoms with Crippen LogP contribution in [0.5, 0.6) is 0 Å². The van der Waals surface area contributed by atoms with Gasteiger partial charge >= 0.3 is 12.1 Å². The van der Waals surface area contributed by atoms with Gasteiger partial charge in [-0.2, -0.15) is 18.2 Å². The standard InChI is InChI=1S/C11H12F3N5O/c1-6(2)15-7-4-3-5-19-8(7)16-10(18-19)17-9(20)11(12,13)14/h3-6,15H,1-2H3,(H,17,18,20). The molecule has 0 saturated carbocycles. The summed E-state index contributed by atoms with van der Waals surface area (Å²) in [6.45, 7) is 3.82. The number of rotatable bonds is 3. The largest absolute Gasteiger partial charge is 0.471 e. The Labute approximate surface area is 112 Å². The lowest BCUT2D eigenvalue weighted by atomic mass is 10.3. The minimum atomic E-state index is -4.98. The van der Waals surface area contributed by atoms with Crippen LogP contribution in [0.25, 0.3) is 5.65 Å². The molecule has 6 nitrogen and oxygen atoms in total. The molecule has 1 amide bonds. The van der Waals surface area contributed by atoms with Crippen molar-refractivity contribution in [2.75, 3.05) is 10.6 Å². The number of carbonyl (C=O) groups is 1. The van der Waals surface area contributed by atoms with Crippen molar-refractivity contribution in [3.05, 3.63) is 18.3 Å². The van der Waals surface area contributed by atoms with Gasteiger partial charge in [0.05, 0.1) is 5.69 Å². The molecule has 0 radical (unpaired) electrons. The van der Waals surface area contributed by atoms with Crippen molar-refractivity contribution < 1.29 is 18.0 Å². The Morgan fingerprint density at radius 1 is 1.40 bits per heavy atom. The van der Waals surface area contributed by atoms with Gasteiger partial charge in [0.15, 0.2) is 5.65 Å². The van der Waals surface area contributed by atoms with Gasteiger partial charge in [-0.25, -0.2) is 4.52 Å². The average Bonchev–Trinajstić information content (AvgIpc) is 2.70. The molecule has 0 aliphatic heterocycles. The molecule has 0 saturated heterocycles. The predicted octanol–water partition coefficient (Wildman–Crippen LogP) is 2.05. The lowest BCUT2D eigenvalue weighted by molar-refractivity contribution is -0.167. The van der Waals surface area contributed by atoms with Crippen LogP contribution in [0.15, 0.2) is 18.3 Å². The van der Waals surface area contributed by atoms with E-state index >= 15 is 0 Å². The summed E-state index contributed by atoms with van der Waals surface area (Å²) in [5.41, 5.74) is 0.946. The van der Waals surface area contributed by atoms with Gasteiger partial charge in [0.25, 0.3) is 0 Å². The molecule has 108 valence electrons. The molecule has 0 unspecified atom stereocenters. The van der Waals surface area contributed by atoms with Crippen molar-refractivity contribution >= 4 is 23.2 Å². The molecular weight excluding hydrogens is 275 g/mol. The van der Waals surface area contributed by atoms with Crippen LogP contribution in [-0.4, -0.2) is 32.7 Å². The molecule has 2 N–H and O–H groups in total. The van der Waals surface area contributed by atoms with Gasteiger partial charge in [0, 0.05) is 12.2 Å². The lowest BCUT2D eigenvalue weighted by Crippen LogP contribution is -2.30. The summed E-state index contributed by atoms with van der Waals surface area (Å²) >= 11 is 0. The van der Waals surface area contributed by atoms with Crippen LogP contribution in [-0.2, 0) is 4.79 Å². The molecule has 2 aromatic heterocycles. The van der Waals surface area contributed by atoms with E-state index in [0.717, 1.165) is 0 Å². The summed E-state index contributed by atoms with van der Waals surface area (Å²) < 4.78 is 37.8. The predicted molar refractivity (Wildman–Crippen MR) is 66.4 cm³/mol. The van der Waals surface area contributed by atoms with Crippen molar-refractivity contribution in [3.8, 4) is 0 Å². The quantitative estimate of drug-likeness (QED) is 0.906. The zero-order valence-electron chi connectivity index (χ0n) is 10.7. The number of amides is 1. The molecule has 0 spiro atoms. The number of alkyl halides is 3. The number of fused-ring (bicyclic) bond motifs is 1. The van der Waals surface area contributed by atoms with E-state index in [1.165, 1.54) is 10.7 Å². The number of hydrogen-bond donors (Lipinski definition) is 2. The zero-order chi connectivity index (χ0) is 14.9. The van der Waals surface area contributed by atoms with E-state index in [9.17, 15) is 18.0 Å². The normalized spacial score (nSPS) is 11.9. The topological polar surface area (TPSA) is 71.3 Å². The Balaban J connectivity index is 2.32. The molecule has 2 aromatic rings. The van der Waals surface area contributed by atoms with Gasteiger partial charge in [-0.3, -0.25) is 10.1 Å². The fourth-order valence-electron chi connectivity index (χ4n) is 1.56. The van der Waals surface area contributed by atoms with Crippen molar-refractivity contribution in [1.29, 1.82) is 0 Å². The minimum absolute atomic E-state index is 0.117. The second-order valence-corrected chi connectivity index (χ2v) is 4.38. The molecule has 9 heteroatoms. The maximum atomic E-state index is 12.2. The fourth-order valence-corrected chi connectivity index (χ4v) is 1.56. The number of aromatic nitrogens is 3. The van der Waals surface area contributed by atoms with Gasteiger partial charge in [-0.15, -0.1) is 5.10 Å². The molecule has 0 atom stereocenters. The summed E-state index contributed by atoms with van der Waals surface area (Å²) in [5, 5.41) is 8.47. The molecule has 0 aromatic carbocycles. The Bertz CT molecular complexity index is 635. The van der Waals surface area contributed by atoms with Gasteiger partial charge in [0.2, 0.25) is 5.95 Å². The Hall–Kier alpha value is -2.32. The third kappa shape index (κ3) is 2.98. The fraction of sp³-hybridized carbons (Fsp3) is 0.364. The minimum Gasteiger partial charge on any atom is -0.380 e. The zero-order valence-corrected chi connectivity index (χ0v) is 10.7. The van der Waals surface area contributed by atoms with E-state index in [4.69, 9.17) is 0 Å². The Morgan fingerprint density at radius 2 is 2.10 bits per heavy atom. The Morgan fingerprint density at radius 3 is 2.70 bits per heavy atom. The molecule has 20 heavy (non-hydrogen) atoms. The number of hydrogen-bond acceptors (Lipinski definition) is 4. The summed E-state index contributed by atoms with van der Waals surface area (Å²) in [5.74, 6) is -2.50. The van der Waals surface area contributed by atoms with Crippen LogP contribution in [0, 0.1) is 0 Å². The first-order chi connectivity index (χ1) is 9.27. The molecule has 0 aliphatic carbocycles. The number of pyridine rings is 1. The number of carbonyl (C=O) groups excluding carboxylic acids is 1. The van der Waals surface area contributed by atoms with Crippen LogP contribution in [0.4, 0.5) is 24.8 Å². The summed E-state index contributed by atoms with van der Waals surface area (Å²) in [7, 11) is 0. The van der Waals surface area contributed by atoms with E-state index in [1.807, 2.05) is 13.8 Å². The molecule has 2 heterocycles. The molecule has 0 fully saturated rings. The third-order valence-electron chi connectivity index (χ3n) is 2.29. The van der Waals surface area contributed by atoms with Crippen LogP contribution < -0.4 is 10.6 Å². The van der Waals surface area contributed by atoms with Crippen LogP contribution in [0.2, 0.25) is 0 Å². The highest BCUT2D eigenvalue weighted by Gasteiger charge is 2.39. The van der Waals surface area contributed by atoms with Gasteiger partial charge < -0.3 is 5.32 Å². The number of nitrogens with zero attached hydrogens (tertiary/aromatic N) is 3. The van der Waals surface area contributed by atoms with Gasteiger partial charge in [0.1, 0.15) is 0 Å². The van der Waals surface area contributed by atoms with Gasteiger partial charge in [-0.05, 0) is 26.0 Å². The second kappa shape index (κ2) is 4.99. The van der Waals surface area contributed by atoms with Crippen LogP contribution in [0.1, 0.15) is 13.8 Å². The summed E-state index contributed by atoms with van der Waals surface area (Å²) in [4.78, 5) is 14.7. The van der Waals surface area contributed by atoms with E-state index in [2.05, 4.69) is 15.4 Å². The van der Waals surface area contributed by atoms with E-state index in [-0.39, 0.29) is 6.04 Å². The van der Waals surface area contributed by atoms with Crippen molar-refractivity contribution in [3.63, 3.8) is 0 Å². The number of nitrogens with one attached hydrogen (secondary N) is 2. The molecule has 2 rings (SSSR count). The number of anilines is 2. The molecule has 0 aliphatic rings. The van der Waals surface area contributed by atoms with E-state index < -0.39 is 18.0 Å². The summed E-state index contributed by atoms with van der Waals surface area (Å²) in [6.07, 6.45) is -3.45. The first-order valence-corrected chi connectivity index (χ1v) is 5.77. The SMILES string of the molecule is CC(C)Nc1cccn2nc(NC(=O)C(F)(F)F)nc12. The van der Waals surface area contributed by atoms with Crippen molar-refractivity contribution in [1.82, 2.24) is 14.6 Å². The molecule has 0 bridgehead atoms. The van der Waals surface area contributed by atoms with E-state index in [0.29, 0.717) is 11.3 Å². The first-order valence-electron chi connectivity index (χ1n) is 5.77. The highest BCUT2D eigenvalue weighted by molar-refractivity contribution is 5.93. The third-order valence-corrected chi connectivity index (χ3v) is 2.29. The monoisotopic (exact) mass is 287 g/mol. The smallest absolute Gasteiger partial charge is 0.380 e. The first kappa shape index (κ1) is 14.1. The number of halogens is 3. The van der Waals surface area contributed by atoms with Crippen molar-refractivity contribution in [2.45, 2.75) is 26.1 Å². The molecular formula is C11H12F3N5O. The lowest BCUT2D eigenvalue weighted by Gasteiger charge is -2.09. The maximum Gasteiger partial charge on any atom is 0.471 e. The van der Waals surface area contributed by atoms with Gasteiger partial charge in [-0.1, -0.05) is 0 Å². The van der Waals surface area contributed by atoms with Crippen LogP contribution in [0.3, 0.4) is 0 Å². The average molecular weight is 287 g/mol. The highest BCUT2D eigenvalue weighted by Crippen LogP contribution is 2.20. The second-order valence-electron chi connectivity index (χ2n) is 4.38.